The number of nitrogens with two attached hydrogens (primary N) is 1. The van der Waals surface area contributed by atoms with Crippen LogP contribution in [0.3, 0.4) is 0 Å². The molecule has 0 aromatic heterocycles. The molecule has 3 nitrogen and oxygen atoms in total. The zero-order valence-electron chi connectivity index (χ0n) is 11.7. The van der Waals surface area contributed by atoms with Crippen LogP contribution in [0, 0.1) is 0 Å². The maximum Gasteiger partial charge on any atom is 0.123 e. The van der Waals surface area contributed by atoms with E-state index in [2.05, 4.69) is 22.5 Å². The maximum absolute atomic E-state index is 5.78. The number of halogens is 1. The first kappa shape index (κ1) is 15.4. The van der Waals surface area contributed by atoms with E-state index < -0.39 is 0 Å². The van der Waals surface area contributed by atoms with Crippen molar-refractivity contribution >= 4 is 21.6 Å². The van der Waals surface area contributed by atoms with Crippen LogP contribution in [0.25, 0.3) is 0 Å². The van der Waals surface area contributed by atoms with Crippen LogP contribution in [0.15, 0.2) is 59.6 Å². The molecule has 0 radical (unpaired) electrons. The highest BCUT2D eigenvalue weighted by Crippen LogP contribution is 2.22. The average molecular weight is 348 g/mol. The fraction of sp³-hybridized carbons (Fsp3) is 0.176. The van der Waals surface area contributed by atoms with Gasteiger partial charge in [-0.1, -0.05) is 28.1 Å². The van der Waals surface area contributed by atoms with Gasteiger partial charge in [0.15, 0.2) is 0 Å². The quantitative estimate of drug-likeness (QED) is 0.463. The monoisotopic (exact) mass is 347 g/mol. The topological polar surface area (TPSA) is 44.5 Å². The van der Waals surface area contributed by atoms with Crippen LogP contribution in [0.1, 0.15) is 5.56 Å². The predicted molar refractivity (Wildman–Crippen MR) is 89.9 cm³/mol. The van der Waals surface area contributed by atoms with Gasteiger partial charge in [-0.15, -0.1) is 6.58 Å². The summed E-state index contributed by atoms with van der Waals surface area (Å²) in [5.41, 5.74) is 7.54. The molecule has 2 aromatic carbocycles. The minimum absolute atomic E-state index is 0.473. The second-order valence-corrected chi connectivity index (χ2v) is 5.43. The maximum atomic E-state index is 5.78. The Bertz CT molecular complexity index is 613. The van der Waals surface area contributed by atoms with Crippen LogP contribution >= 0.6 is 15.9 Å². The number of ether oxygens (including phenoxy) is 2. The molecule has 0 heterocycles. The summed E-state index contributed by atoms with van der Waals surface area (Å²) in [4.78, 5) is 0. The van der Waals surface area contributed by atoms with Crippen LogP contribution in [0.5, 0.6) is 11.5 Å². The molecule has 0 atom stereocenters. The molecular formula is C17H18BrNO2. The number of benzene rings is 2. The van der Waals surface area contributed by atoms with E-state index in [1.165, 1.54) is 0 Å². The first-order valence-electron chi connectivity index (χ1n) is 6.69. The summed E-state index contributed by atoms with van der Waals surface area (Å²) < 4.78 is 12.4. The summed E-state index contributed by atoms with van der Waals surface area (Å²) in [6.07, 6.45) is 2.56. The summed E-state index contributed by atoms with van der Waals surface area (Å²) in [7, 11) is 0. The number of hydrogen-bond donors (Lipinski definition) is 1. The second-order valence-electron chi connectivity index (χ2n) is 4.51. The number of allylic oxidation sites excluding steroid dienone is 1. The molecular weight excluding hydrogens is 330 g/mol. The molecule has 4 heteroatoms. The van der Waals surface area contributed by atoms with Crippen LogP contribution in [-0.2, 0) is 6.42 Å². The van der Waals surface area contributed by atoms with Crippen molar-refractivity contribution in [3.63, 3.8) is 0 Å². The fourth-order valence-electron chi connectivity index (χ4n) is 1.92. The Morgan fingerprint density at radius 3 is 2.67 bits per heavy atom. The highest BCUT2D eigenvalue weighted by Gasteiger charge is 2.03. The normalized spacial score (nSPS) is 10.1. The molecule has 2 N–H and O–H groups in total. The van der Waals surface area contributed by atoms with Gasteiger partial charge in [0, 0.05) is 10.2 Å². The van der Waals surface area contributed by atoms with E-state index in [4.69, 9.17) is 15.2 Å². The van der Waals surface area contributed by atoms with E-state index >= 15 is 0 Å². The Hall–Kier alpha value is -1.94. The molecule has 0 saturated heterocycles. The van der Waals surface area contributed by atoms with Crippen LogP contribution in [0.4, 0.5) is 5.69 Å². The van der Waals surface area contributed by atoms with E-state index in [0.717, 1.165) is 33.6 Å². The van der Waals surface area contributed by atoms with Gasteiger partial charge >= 0.3 is 0 Å². The molecule has 0 fully saturated rings. The van der Waals surface area contributed by atoms with Crippen molar-refractivity contribution in [1.82, 2.24) is 0 Å². The first-order valence-corrected chi connectivity index (χ1v) is 7.49. The summed E-state index contributed by atoms with van der Waals surface area (Å²) in [6, 6.07) is 13.3. The van der Waals surface area contributed by atoms with Crippen molar-refractivity contribution in [3.05, 3.63) is 65.2 Å². The molecule has 0 aliphatic rings. The molecule has 2 aromatic rings. The molecule has 2 rings (SSSR count). The number of rotatable bonds is 7. The summed E-state index contributed by atoms with van der Waals surface area (Å²) in [5.74, 6) is 1.64. The van der Waals surface area contributed by atoms with Gasteiger partial charge in [0.25, 0.3) is 0 Å². The molecule has 0 spiro atoms. The zero-order chi connectivity index (χ0) is 15.1. The summed E-state index contributed by atoms with van der Waals surface area (Å²) >= 11 is 3.41. The highest BCUT2D eigenvalue weighted by molar-refractivity contribution is 9.10. The van der Waals surface area contributed by atoms with Gasteiger partial charge in [0.05, 0.1) is 0 Å². The van der Waals surface area contributed by atoms with Gasteiger partial charge in [0.2, 0.25) is 0 Å². The molecule has 0 unspecified atom stereocenters. The Balaban J connectivity index is 1.87. The lowest BCUT2D eigenvalue weighted by Crippen LogP contribution is -2.10. The van der Waals surface area contributed by atoms with E-state index in [9.17, 15) is 0 Å². The van der Waals surface area contributed by atoms with E-state index in [0.29, 0.717) is 13.2 Å². The largest absolute Gasteiger partial charge is 0.490 e. The molecule has 0 bridgehead atoms. The third-order valence-electron chi connectivity index (χ3n) is 2.85. The lowest BCUT2D eigenvalue weighted by molar-refractivity contribution is 0.216. The highest BCUT2D eigenvalue weighted by atomic mass is 79.9. The van der Waals surface area contributed by atoms with Gasteiger partial charge in [0.1, 0.15) is 24.7 Å². The standard InChI is InChI=1S/C17H18BrNO2/c1-2-4-13-11-15(19)7-8-17(13)21-10-9-20-16-6-3-5-14(18)12-16/h2-3,5-8,11-12H,1,4,9-10,19H2. The van der Waals surface area contributed by atoms with Gasteiger partial charge in [-0.05, 0) is 48.4 Å². The zero-order valence-corrected chi connectivity index (χ0v) is 13.3. The third-order valence-corrected chi connectivity index (χ3v) is 3.35. The Labute approximate surface area is 133 Å². The molecule has 0 aliphatic carbocycles. The van der Waals surface area contributed by atoms with E-state index in [1.807, 2.05) is 48.5 Å². The van der Waals surface area contributed by atoms with Gasteiger partial charge in [-0.3, -0.25) is 0 Å². The van der Waals surface area contributed by atoms with Crippen molar-refractivity contribution in [2.75, 3.05) is 18.9 Å². The lowest BCUT2D eigenvalue weighted by atomic mass is 10.1. The molecule has 110 valence electrons. The van der Waals surface area contributed by atoms with Gasteiger partial charge in [-0.2, -0.15) is 0 Å². The smallest absolute Gasteiger partial charge is 0.123 e. The summed E-state index contributed by atoms with van der Waals surface area (Å²) in [6.45, 7) is 4.70. The van der Waals surface area contributed by atoms with Crippen molar-refractivity contribution in [1.29, 1.82) is 0 Å². The van der Waals surface area contributed by atoms with Crippen molar-refractivity contribution in [2.24, 2.45) is 0 Å². The van der Waals surface area contributed by atoms with Crippen LogP contribution < -0.4 is 15.2 Å². The van der Waals surface area contributed by atoms with Crippen molar-refractivity contribution in [3.8, 4) is 11.5 Å². The molecule has 0 saturated carbocycles. The second kappa shape index (κ2) is 7.74. The minimum Gasteiger partial charge on any atom is -0.490 e. The third kappa shape index (κ3) is 4.83. The Morgan fingerprint density at radius 2 is 1.90 bits per heavy atom. The van der Waals surface area contributed by atoms with Crippen LogP contribution in [0.2, 0.25) is 0 Å². The van der Waals surface area contributed by atoms with Crippen molar-refractivity contribution in [2.45, 2.75) is 6.42 Å². The van der Waals surface area contributed by atoms with Gasteiger partial charge < -0.3 is 15.2 Å². The Kier molecular flexibility index (Phi) is 5.69. The fourth-order valence-corrected chi connectivity index (χ4v) is 2.30. The van der Waals surface area contributed by atoms with E-state index in [1.54, 1.807) is 0 Å². The number of hydrogen-bond acceptors (Lipinski definition) is 3. The number of nitrogen functional groups attached to an aromatic ring is 1. The molecule has 0 aliphatic heterocycles. The first-order chi connectivity index (χ1) is 10.2. The molecule has 0 amide bonds. The average Bonchev–Trinajstić information content (AvgIpc) is 2.46. The SMILES string of the molecule is C=CCc1cc(N)ccc1OCCOc1cccc(Br)c1. The number of anilines is 1. The predicted octanol–water partition coefficient (Wildman–Crippen LogP) is 4.22. The van der Waals surface area contributed by atoms with E-state index in [-0.39, 0.29) is 0 Å². The van der Waals surface area contributed by atoms with Crippen LogP contribution in [-0.4, -0.2) is 13.2 Å². The molecule has 21 heavy (non-hydrogen) atoms. The summed E-state index contributed by atoms with van der Waals surface area (Å²) in [5, 5.41) is 0. The lowest BCUT2D eigenvalue weighted by Gasteiger charge is -2.12. The minimum atomic E-state index is 0.473. The van der Waals surface area contributed by atoms with Gasteiger partial charge in [-0.25, -0.2) is 0 Å². The Morgan fingerprint density at radius 1 is 1.10 bits per heavy atom. The van der Waals surface area contributed by atoms with Crippen molar-refractivity contribution < 1.29 is 9.47 Å².